The summed E-state index contributed by atoms with van der Waals surface area (Å²) in [5.74, 6) is -0.545. The van der Waals surface area contributed by atoms with Crippen molar-refractivity contribution in [2.24, 2.45) is 17.8 Å². The Kier molecular flexibility index (Phi) is 22.4. The van der Waals surface area contributed by atoms with Crippen LogP contribution in [-0.2, 0) is 19.1 Å². The highest BCUT2D eigenvalue weighted by Crippen LogP contribution is 2.36. The number of hydrogen-bond donors (Lipinski definition) is 4. The molecule has 4 N–H and O–H groups in total. The molecule has 1 aliphatic rings. The Morgan fingerprint density at radius 1 is 0.791 bits per heavy atom. The van der Waals surface area contributed by atoms with Crippen LogP contribution >= 0.6 is 0 Å². The number of aliphatic hydroxyl groups excluding tert-OH is 4. The fraction of sp³-hybridized carbons (Fsp3) is 0.829. The maximum atomic E-state index is 12.1. The quantitative estimate of drug-likeness (QED) is 0.0547. The van der Waals surface area contributed by atoms with Gasteiger partial charge in [0.15, 0.2) is 0 Å². The van der Waals surface area contributed by atoms with Gasteiger partial charge < -0.3 is 29.9 Å². The highest BCUT2D eigenvalue weighted by atomic mass is 16.6. The van der Waals surface area contributed by atoms with Gasteiger partial charge in [0, 0.05) is 18.8 Å². The van der Waals surface area contributed by atoms with Crippen LogP contribution in [0.1, 0.15) is 130 Å². The van der Waals surface area contributed by atoms with Gasteiger partial charge >= 0.3 is 11.9 Å². The summed E-state index contributed by atoms with van der Waals surface area (Å²) >= 11 is 0. The molecule has 0 amide bonds. The Labute approximate surface area is 260 Å². The molecule has 8 heteroatoms. The minimum absolute atomic E-state index is 0.00642. The molecule has 1 rings (SSSR count). The molecule has 8 nitrogen and oxygen atoms in total. The van der Waals surface area contributed by atoms with Crippen LogP contribution in [0.15, 0.2) is 24.3 Å². The zero-order valence-corrected chi connectivity index (χ0v) is 27.2. The number of esters is 2. The van der Waals surface area contributed by atoms with Gasteiger partial charge in [0.1, 0.15) is 19.3 Å². The largest absolute Gasteiger partial charge is 0.463 e. The molecule has 0 aromatic rings. The average Bonchev–Trinajstić information content (AvgIpc) is 3.24. The number of carbonyl (C=O) groups excluding carboxylic acids is 2. The van der Waals surface area contributed by atoms with Gasteiger partial charge in [-0.25, -0.2) is 0 Å². The maximum absolute atomic E-state index is 12.1. The number of rotatable bonds is 25. The standard InChI is InChI=1S/C35H62O8/c1-4-5-12-18-28(36)22-23-31-30(32(38)24-33(31)39)19-15-16-21-35(41)43-26-29(37)25-42-34(40)20-14-11-9-7-6-8-10-13-17-27(2)3/h15-16,22-23,27-33,36-39H,4-14,17-21,24-26H2,1-3H3/b16-15-,23-22+/t28-,29+,30+,31-,32+,33-/m1/s1. The van der Waals surface area contributed by atoms with Crippen molar-refractivity contribution in [2.75, 3.05) is 13.2 Å². The Morgan fingerprint density at radius 2 is 1.40 bits per heavy atom. The molecule has 43 heavy (non-hydrogen) atoms. The topological polar surface area (TPSA) is 134 Å². The Balaban J connectivity index is 2.16. The van der Waals surface area contributed by atoms with Crippen LogP contribution in [0, 0.1) is 17.8 Å². The van der Waals surface area contributed by atoms with Gasteiger partial charge in [0.2, 0.25) is 0 Å². The number of ether oxygens (including phenoxy) is 2. The fourth-order valence-corrected chi connectivity index (χ4v) is 5.54. The van der Waals surface area contributed by atoms with Crippen LogP contribution in [0.25, 0.3) is 0 Å². The van der Waals surface area contributed by atoms with Crippen molar-refractivity contribution in [1.82, 2.24) is 0 Å². The van der Waals surface area contributed by atoms with Crippen molar-refractivity contribution in [3.05, 3.63) is 24.3 Å². The molecule has 1 fully saturated rings. The molecular weight excluding hydrogens is 548 g/mol. The van der Waals surface area contributed by atoms with E-state index in [1.165, 1.54) is 38.5 Å². The molecule has 0 bridgehead atoms. The Hall–Kier alpha value is -1.74. The van der Waals surface area contributed by atoms with Crippen LogP contribution in [0.3, 0.4) is 0 Å². The zero-order chi connectivity index (χ0) is 31.9. The number of carbonyl (C=O) groups is 2. The van der Waals surface area contributed by atoms with Crippen LogP contribution in [0.4, 0.5) is 0 Å². The molecule has 0 unspecified atom stereocenters. The lowest BCUT2D eigenvalue weighted by Crippen LogP contribution is -2.25. The third kappa shape index (κ3) is 20.0. The molecule has 0 radical (unpaired) electrons. The predicted octanol–water partition coefficient (Wildman–Crippen LogP) is 6.18. The normalized spacial score (nSPS) is 22.0. The molecule has 1 saturated carbocycles. The second-order valence-corrected chi connectivity index (χ2v) is 12.8. The van der Waals surface area contributed by atoms with Gasteiger partial charge in [0.25, 0.3) is 0 Å². The molecular formula is C35H62O8. The Morgan fingerprint density at radius 3 is 2.05 bits per heavy atom. The highest BCUT2D eigenvalue weighted by Gasteiger charge is 2.39. The SMILES string of the molecule is CCCCC[C@@H](O)/C=C/[C@@H]1[C@H](C/C=C\CC(=O)OC[C@@H](O)COC(=O)CCCCCCCCCCC(C)C)[C@@H](O)C[C@H]1O. The van der Waals surface area contributed by atoms with E-state index in [-0.39, 0.29) is 43.9 Å². The van der Waals surface area contributed by atoms with E-state index >= 15 is 0 Å². The smallest absolute Gasteiger partial charge is 0.309 e. The lowest BCUT2D eigenvalue weighted by Gasteiger charge is -2.19. The van der Waals surface area contributed by atoms with E-state index in [0.717, 1.165) is 44.4 Å². The zero-order valence-electron chi connectivity index (χ0n) is 27.2. The van der Waals surface area contributed by atoms with Gasteiger partial charge in [-0.1, -0.05) is 116 Å². The molecule has 1 aliphatic carbocycles. The van der Waals surface area contributed by atoms with E-state index in [0.29, 0.717) is 19.3 Å². The van der Waals surface area contributed by atoms with E-state index < -0.39 is 30.4 Å². The average molecular weight is 611 g/mol. The lowest BCUT2D eigenvalue weighted by molar-refractivity contribution is -0.151. The molecule has 0 aliphatic heterocycles. The van der Waals surface area contributed by atoms with Gasteiger partial charge in [0.05, 0.1) is 24.7 Å². The summed E-state index contributed by atoms with van der Waals surface area (Å²) in [4.78, 5) is 24.0. The fourth-order valence-electron chi connectivity index (χ4n) is 5.54. The monoisotopic (exact) mass is 610 g/mol. The van der Waals surface area contributed by atoms with Crippen LogP contribution in [-0.4, -0.2) is 70.0 Å². The van der Waals surface area contributed by atoms with E-state index in [2.05, 4.69) is 20.8 Å². The van der Waals surface area contributed by atoms with Gasteiger partial charge in [-0.2, -0.15) is 0 Å². The van der Waals surface area contributed by atoms with Crippen molar-refractivity contribution in [3.63, 3.8) is 0 Å². The Bertz CT molecular complexity index is 780. The van der Waals surface area contributed by atoms with Crippen molar-refractivity contribution < 1.29 is 39.5 Å². The second-order valence-electron chi connectivity index (χ2n) is 12.8. The van der Waals surface area contributed by atoms with E-state index in [1.807, 2.05) is 6.08 Å². The van der Waals surface area contributed by atoms with E-state index in [9.17, 15) is 30.0 Å². The first-order valence-electron chi connectivity index (χ1n) is 17.0. The second kappa shape index (κ2) is 24.6. The van der Waals surface area contributed by atoms with E-state index in [4.69, 9.17) is 9.47 Å². The molecule has 6 atom stereocenters. The molecule has 0 heterocycles. The van der Waals surface area contributed by atoms with Crippen LogP contribution in [0.5, 0.6) is 0 Å². The first kappa shape index (κ1) is 39.3. The highest BCUT2D eigenvalue weighted by molar-refractivity contribution is 5.71. The number of allylic oxidation sites excluding steroid dienone is 1. The minimum atomic E-state index is -1.08. The summed E-state index contributed by atoms with van der Waals surface area (Å²) in [7, 11) is 0. The predicted molar refractivity (Wildman–Crippen MR) is 170 cm³/mol. The molecule has 0 saturated heterocycles. The molecule has 0 aromatic heterocycles. The van der Waals surface area contributed by atoms with Crippen LogP contribution < -0.4 is 0 Å². The van der Waals surface area contributed by atoms with Gasteiger partial charge in [-0.15, -0.1) is 0 Å². The number of hydrogen-bond acceptors (Lipinski definition) is 8. The molecule has 0 aromatic carbocycles. The van der Waals surface area contributed by atoms with Crippen molar-refractivity contribution in [3.8, 4) is 0 Å². The van der Waals surface area contributed by atoms with E-state index in [1.54, 1.807) is 18.2 Å². The minimum Gasteiger partial charge on any atom is -0.463 e. The first-order valence-corrected chi connectivity index (χ1v) is 17.0. The summed E-state index contributed by atoms with van der Waals surface area (Å²) in [6, 6.07) is 0. The third-order valence-corrected chi connectivity index (χ3v) is 8.22. The molecule has 250 valence electrons. The summed E-state index contributed by atoms with van der Waals surface area (Å²) < 4.78 is 10.2. The number of aliphatic hydroxyl groups is 4. The third-order valence-electron chi connectivity index (χ3n) is 8.22. The van der Waals surface area contributed by atoms with Gasteiger partial charge in [-0.3, -0.25) is 9.59 Å². The lowest BCUT2D eigenvalue weighted by atomic mass is 9.89. The van der Waals surface area contributed by atoms with Crippen LogP contribution in [0.2, 0.25) is 0 Å². The maximum Gasteiger partial charge on any atom is 0.309 e. The number of unbranched alkanes of at least 4 members (excludes halogenated alkanes) is 9. The molecule has 0 spiro atoms. The summed E-state index contributed by atoms with van der Waals surface area (Å²) in [6.07, 6.45) is 19.4. The summed E-state index contributed by atoms with van der Waals surface area (Å²) in [5, 5.41) is 40.9. The summed E-state index contributed by atoms with van der Waals surface area (Å²) in [5.41, 5.74) is 0. The summed E-state index contributed by atoms with van der Waals surface area (Å²) in [6.45, 7) is 6.18. The van der Waals surface area contributed by atoms with Crippen molar-refractivity contribution in [2.45, 2.75) is 154 Å². The van der Waals surface area contributed by atoms with Crippen molar-refractivity contribution in [1.29, 1.82) is 0 Å². The van der Waals surface area contributed by atoms with Crippen molar-refractivity contribution >= 4 is 11.9 Å². The first-order chi connectivity index (χ1) is 20.6. The van der Waals surface area contributed by atoms with Gasteiger partial charge in [-0.05, 0) is 31.1 Å².